The van der Waals surface area contributed by atoms with Crippen molar-refractivity contribution < 1.29 is 14.3 Å². The molecule has 1 rings (SSSR count). The minimum absolute atomic E-state index is 0.274. The number of carbonyl (C=O) groups is 2. The van der Waals surface area contributed by atoms with Crippen molar-refractivity contribution in [3.8, 4) is 6.07 Å². The average Bonchev–Trinajstić information content (AvgIpc) is 2.47. The molecule has 0 aliphatic heterocycles. The van der Waals surface area contributed by atoms with Gasteiger partial charge in [0.05, 0.1) is 18.2 Å². The molecule has 0 aliphatic rings. The second-order valence-electron chi connectivity index (χ2n) is 4.17. The molecule has 6 nitrogen and oxygen atoms in total. The van der Waals surface area contributed by atoms with Gasteiger partial charge in [0.1, 0.15) is 6.04 Å². The van der Waals surface area contributed by atoms with Crippen LogP contribution in [0.15, 0.2) is 24.3 Å². The van der Waals surface area contributed by atoms with E-state index in [1.807, 2.05) is 6.07 Å². The van der Waals surface area contributed by atoms with Gasteiger partial charge in [-0.2, -0.15) is 5.26 Å². The van der Waals surface area contributed by atoms with Gasteiger partial charge in [-0.25, -0.2) is 0 Å². The first kappa shape index (κ1) is 15.7. The lowest BCUT2D eigenvalue weighted by atomic mass is 10.1. The van der Waals surface area contributed by atoms with Crippen molar-refractivity contribution in [1.82, 2.24) is 10.6 Å². The maximum absolute atomic E-state index is 11.9. The zero-order valence-corrected chi connectivity index (χ0v) is 11.5. The molecule has 1 aromatic rings. The van der Waals surface area contributed by atoms with Gasteiger partial charge >= 0.3 is 0 Å². The van der Waals surface area contributed by atoms with Crippen molar-refractivity contribution in [3.05, 3.63) is 35.4 Å². The summed E-state index contributed by atoms with van der Waals surface area (Å²) in [4.78, 5) is 23.6. The Bertz CT molecular complexity index is 505. The number of amides is 2. The number of nitriles is 1. The summed E-state index contributed by atoms with van der Waals surface area (Å²) in [6.45, 7) is 2.41. The number of benzene rings is 1. The van der Waals surface area contributed by atoms with Crippen LogP contribution in [-0.2, 0) is 9.53 Å². The Morgan fingerprint density at radius 1 is 1.35 bits per heavy atom. The first-order valence-electron chi connectivity index (χ1n) is 6.16. The molecule has 6 heteroatoms. The largest absolute Gasteiger partial charge is 0.383 e. The van der Waals surface area contributed by atoms with Gasteiger partial charge in [0, 0.05) is 19.2 Å². The van der Waals surface area contributed by atoms with Crippen LogP contribution in [0.2, 0.25) is 0 Å². The number of rotatable bonds is 6. The van der Waals surface area contributed by atoms with E-state index in [2.05, 4.69) is 10.6 Å². The molecule has 0 aliphatic carbocycles. The van der Waals surface area contributed by atoms with Crippen LogP contribution in [0.3, 0.4) is 0 Å². The summed E-state index contributed by atoms with van der Waals surface area (Å²) in [5.41, 5.74) is 0.882. The first-order valence-corrected chi connectivity index (χ1v) is 6.16. The van der Waals surface area contributed by atoms with Crippen molar-refractivity contribution in [2.45, 2.75) is 13.0 Å². The van der Waals surface area contributed by atoms with Crippen LogP contribution in [0.1, 0.15) is 22.8 Å². The number of ether oxygens (including phenoxy) is 1. The predicted molar refractivity (Wildman–Crippen MR) is 73.0 cm³/mol. The fourth-order valence-electron chi connectivity index (χ4n) is 1.47. The van der Waals surface area contributed by atoms with Crippen LogP contribution in [0.5, 0.6) is 0 Å². The maximum Gasteiger partial charge on any atom is 0.251 e. The highest BCUT2D eigenvalue weighted by atomic mass is 16.5. The molecule has 0 heterocycles. The van der Waals surface area contributed by atoms with E-state index in [9.17, 15) is 9.59 Å². The molecular weight excluding hydrogens is 258 g/mol. The monoisotopic (exact) mass is 275 g/mol. The number of carbonyl (C=O) groups excluding carboxylic acids is 2. The molecule has 2 N–H and O–H groups in total. The van der Waals surface area contributed by atoms with E-state index < -0.39 is 6.04 Å². The third-order valence-corrected chi connectivity index (χ3v) is 2.62. The zero-order valence-electron chi connectivity index (χ0n) is 11.5. The van der Waals surface area contributed by atoms with E-state index in [1.54, 1.807) is 38.3 Å². The molecule has 1 atom stereocenters. The van der Waals surface area contributed by atoms with E-state index in [0.717, 1.165) is 0 Å². The third-order valence-electron chi connectivity index (χ3n) is 2.62. The Hall–Kier alpha value is -2.39. The minimum atomic E-state index is -0.644. The van der Waals surface area contributed by atoms with Gasteiger partial charge in [-0.05, 0) is 31.2 Å². The van der Waals surface area contributed by atoms with E-state index in [0.29, 0.717) is 24.3 Å². The topological polar surface area (TPSA) is 91.2 Å². The molecule has 0 saturated heterocycles. The number of hydrogen-bond donors (Lipinski definition) is 2. The second kappa shape index (κ2) is 7.92. The van der Waals surface area contributed by atoms with E-state index in [1.165, 1.54) is 0 Å². The zero-order chi connectivity index (χ0) is 15.0. The molecule has 0 radical (unpaired) electrons. The standard InChI is InChI=1S/C14H17N3O3/c1-10(13(18)16-7-8-20-2)17-14(19)12-5-3-11(9-15)4-6-12/h3-6,10H,7-8H2,1-2H3,(H,16,18)(H,17,19). The first-order chi connectivity index (χ1) is 9.58. The molecular formula is C14H17N3O3. The Kier molecular flexibility index (Phi) is 6.20. The summed E-state index contributed by atoms with van der Waals surface area (Å²) in [6, 6.07) is 7.53. The lowest BCUT2D eigenvalue weighted by Crippen LogP contribution is -2.45. The van der Waals surface area contributed by atoms with Crippen LogP contribution in [0.4, 0.5) is 0 Å². The predicted octanol–water partition coefficient (Wildman–Crippen LogP) is 0.439. The Morgan fingerprint density at radius 2 is 2.00 bits per heavy atom. The van der Waals surface area contributed by atoms with Crippen molar-refractivity contribution in [3.63, 3.8) is 0 Å². The van der Waals surface area contributed by atoms with Crippen molar-refractivity contribution in [2.24, 2.45) is 0 Å². The number of methoxy groups -OCH3 is 1. The van der Waals surface area contributed by atoms with Gasteiger partial charge in [0.15, 0.2) is 0 Å². The molecule has 1 aromatic carbocycles. The lowest BCUT2D eigenvalue weighted by molar-refractivity contribution is -0.122. The SMILES string of the molecule is COCCNC(=O)C(C)NC(=O)c1ccc(C#N)cc1. The van der Waals surface area contributed by atoms with E-state index in [4.69, 9.17) is 10.00 Å². The lowest BCUT2D eigenvalue weighted by Gasteiger charge is -2.14. The van der Waals surface area contributed by atoms with Gasteiger partial charge in [-0.15, -0.1) is 0 Å². The summed E-state index contributed by atoms with van der Waals surface area (Å²) >= 11 is 0. The Labute approximate surface area is 117 Å². The smallest absolute Gasteiger partial charge is 0.251 e. The summed E-state index contributed by atoms with van der Waals surface area (Å²) in [5.74, 6) is -0.632. The summed E-state index contributed by atoms with van der Waals surface area (Å²) in [6.07, 6.45) is 0. The molecule has 106 valence electrons. The fourth-order valence-corrected chi connectivity index (χ4v) is 1.47. The molecule has 0 bridgehead atoms. The fraction of sp³-hybridized carbons (Fsp3) is 0.357. The van der Waals surface area contributed by atoms with Gasteiger partial charge in [-0.3, -0.25) is 9.59 Å². The normalized spacial score (nSPS) is 11.2. The van der Waals surface area contributed by atoms with Gasteiger partial charge in [-0.1, -0.05) is 0 Å². The number of nitrogens with one attached hydrogen (secondary N) is 2. The van der Waals surface area contributed by atoms with Crippen LogP contribution in [-0.4, -0.2) is 38.1 Å². The summed E-state index contributed by atoms with van der Waals surface area (Å²) < 4.78 is 4.82. The van der Waals surface area contributed by atoms with Gasteiger partial charge in [0.2, 0.25) is 5.91 Å². The van der Waals surface area contributed by atoms with E-state index >= 15 is 0 Å². The molecule has 0 spiro atoms. The maximum atomic E-state index is 11.9. The van der Waals surface area contributed by atoms with Crippen LogP contribution >= 0.6 is 0 Å². The quantitative estimate of drug-likeness (QED) is 0.737. The van der Waals surface area contributed by atoms with Crippen LogP contribution in [0.25, 0.3) is 0 Å². The highest BCUT2D eigenvalue weighted by Gasteiger charge is 2.15. The van der Waals surface area contributed by atoms with E-state index in [-0.39, 0.29) is 11.8 Å². The highest BCUT2D eigenvalue weighted by molar-refractivity contribution is 5.97. The molecule has 2 amide bonds. The van der Waals surface area contributed by atoms with Crippen LogP contribution < -0.4 is 10.6 Å². The minimum Gasteiger partial charge on any atom is -0.383 e. The molecule has 1 unspecified atom stereocenters. The van der Waals surface area contributed by atoms with Crippen molar-refractivity contribution in [1.29, 1.82) is 5.26 Å². The van der Waals surface area contributed by atoms with Crippen LogP contribution in [0, 0.1) is 11.3 Å². The second-order valence-corrected chi connectivity index (χ2v) is 4.17. The van der Waals surface area contributed by atoms with Crippen molar-refractivity contribution in [2.75, 3.05) is 20.3 Å². The third kappa shape index (κ3) is 4.71. The Morgan fingerprint density at radius 3 is 2.55 bits per heavy atom. The number of nitrogens with zero attached hydrogens (tertiary/aromatic N) is 1. The van der Waals surface area contributed by atoms with Crippen molar-refractivity contribution >= 4 is 11.8 Å². The summed E-state index contributed by atoms with van der Waals surface area (Å²) in [5, 5.41) is 13.9. The molecule has 0 fully saturated rings. The molecule has 0 saturated carbocycles. The Balaban J connectivity index is 2.52. The van der Waals surface area contributed by atoms with Gasteiger partial charge in [0.25, 0.3) is 5.91 Å². The molecule has 0 aromatic heterocycles. The highest BCUT2D eigenvalue weighted by Crippen LogP contribution is 2.03. The number of hydrogen-bond acceptors (Lipinski definition) is 4. The molecule has 20 heavy (non-hydrogen) atoms. The van der Waals surface area contributed by atoms with Gasteiger partial charge < -0.3 is 15.4 Å². The average molecular weight is 275 g/mol. The summed E-state index contributed by atoms with van der Waals surface area (Å²) in [7, 11) is 1.54.